The van der Waals surface area contributed by atoms with Gasteiger partial charge in [0.05, 0.1) is 17.3 Å². The second-order valence-electron chi connectivity index (χ2n) is 8.24. The lowest BCUT2D eigenvalue weighted by Gasteiger charge is -2.21. The summed E-state index contributed by atoms with van der Waals surface area (Å²) in [6, 6.07) is 8.32. The summed E-state index contributed by atoms with van der Waals surface area (Å²) in [5, 5.41) is 9.91. The molecule has 0 aliphatic heterocycles. The van der Waals surface area contributed by atoms with Gasteiger partial charge in [-0.3, -0.25) is 4.79 Å². The highest BCUT2D eigenvalue weighted by atomic mass is 35.5. The summed E-state index contributed by atoms with van der Waals surface area (Å²) in [7, 11) is 1.87. The zero-order valence-electron chi connectivity index (χ0n) is 17.5. The van der Waals surface area contributed by atoms with Crippen molar-refractivity contribution in [3.8, 4) is 0 Å². The first-order valence-electron chi connectivity index (χ1n) is 9.98. The lowest BCUT2D eigenvalue weighted by molar-refractivity contribution is 0.0971. The van der Waals surface area contributed by atoms with Gasteiger partial charge >= 0.3 is 0 Å². The van der Waals surface area contributed by atoms with E-state index < -0.39 is 5.54 Å². The third kappa shape index (κ3) is 5.94. The molecule has 1 aromatic carbocycles. The number of aliphatic hydroxyl groups is 1. The fourth-order valence-corrected chi connectivity index (χ4v) is 3.67. The standard InChI is InChI=1S/C23H33ClN2O2/c1-16-9-10-18(13-17(16)2)7-5-6-8-22(28)21-14-19(24)20(26(21)4)11-12-23(3,25)15-27/h9-10,13-14,27H,5-8,11-12,15,25H2,1-4H3. The van der Waals surface area contributed by atoms with Gasteiger partial charge in [-0.05, 0) is 75.6 Å². The van der Waals surface area contributed by atoms with E-state index in [0.717, 1.165) is 25.0 Å². The molecule has 0 radical (unpaired) electrons. The van der Waals surface area contributed by atoms with Gasteiger partial charge in [0, 0.05) is 24.7 Å². The number of hydrogen-bond acceptors (Lipinski definition) is 3. The van der Waals surface area contributed by atoms with Crippen molar-refractivity contribution < 1.29 is 9.90 Å². The van der Waals surface area contributed by atoms with Gasteiger partial charge < -0.3 is 15.4 Å². The minimum atomic E-state index is -0.647. The number of ketones is 1. The Morgan fingerprint density at radius 3 is 2.54 bits per heavy atom. The number of unbranched alkanes of at least 4 members (excludes halogenated alkanes) is 1. The quantitative estimate of drug-likeness (QED) is 0.451. The summed E-state index contributed by atoms with van der Waals surface area (Å²) in [6.07, 6.45) is 4.58. The van der Waals surface area contributed by atoms with Crippen molar-refractivity contribution in [1.82, 2.24) is 4.57 Å². The monoisotopic (exact) mass is 404 g/mol. The first kappa shape index (κ1) is 22.7. The molecule has 154 valence electrons. The number of carbonyl (C=O) groups is 1. The summed E-state index contributed by atoms with van der Waals surface area (Å²) < 4.78 is 1.88. The average Bonchev–Trinajstić information content (AvgIpc) is 2.94. The number of nitrogens with two attached hydrogens (primary N) is 1. The number of nitrogens with zero attached hydrogens (tertiary/aromatic N) is 1. The van der Waals surface area contributed by atoms with Crippen molar-refractivity contribution in [2.75, 3.05) is 6.61 Å². The summed E-state index contributed by atoms with van der Waals surface area (Å²) in [4.78, 5) is 12.7. The van der Waals surface area contributed by atoms with Gasteiger partial charge in [-0.1, -0.05) is 29.8 Å². The van der Waals surface area contributed by atoms with Crippen molar-refractivity contribution in [2.45, 2.75) is 64.8 Å². The predicted octanol–water partition coefficient (Wildman–Crippen LogP) is 4.53. The van der Waals surface area contributed by atoms with E-state index in [4.69, 9.17) is 17.3 Å². The van der Waals surface area contributed by atoms with Crippen molar-refractivity contribution in [1.29, 1.82) is 0 Å². The van der Waals surface area contributed by atoms with Crippen LogP contribution in [0.25, 0.3) is 0 Å². The van der Waals surface area contributed by atoms with Crippen molar-refractivity contribution in [2.24, 2.45) is 12.8 Å². The van der Waals surface area contributed by atoms with Gasteiger partial charge in [-0.2, -0.15) is 0 Å². The molecule has 5 heteroatoms. The predicted molar refractivity (Wildman–Crippen MR) is 116 cm³/mol. The van der Waals surface area contributed by atoms with Gasteiger partial charge in [-0.15, -0.1) is 0 Å². The molecule has 0 aliphatic rings. The molecule has 2 aromatic rings. The lowest BCUT2D eigenvalue weighted by atomic mass is 9.97. The van der Waals surface area contributed by atoms with E-state index in [1.165, 1.54) is 16.7 Å². The molecular weight excluding hydrogens is 372 g/mol. The third-order valence-electron chi connectivity index (χ3n) is 5.58. The number of Topliss-reactive ketones (excluding diaryl/α,β-unsaturated/α-hetero) is 1. The summed E-state index contributed by atoms with van der Waals surface area (Å²) in [5.74, 6) is 0.119. The number of halogens is 1. The van der Waals surface area contributed by atoms with Crippen LogP contribution in [0.2, 0.25) is 5.02 Å². The van der Waals surface area contributed by atoms with Gasteiger partial charge in [0.2, 0.25) is 0 Å². The fraction of sp³-hybridized carbons (Fsp3) is 0.522. The van der Waals surface area contributed by atoms with Gasteiger partial charge in [0.25, 0.3) is 0 Å². The van der Waals surface area contributed by atoms with Crippen molar-refractivity contribution >= 4 is 17.4 Å². The maximum absolute atomic E-state index is 12.7. The second-order valence-corrected chi connectivity index (χ2v) is 8.65. The molecule has 1 heterocycles. The summed E-state index contributed by atoms with van der Waals surface area (Å²) >= 11 is 6.36. The van der Waals surface area contributed by atoms with Crippen LogP contribution < -0.4 is 5.73 Å². The Balaban J connectivity index is 1.90. The van der Waals surface area contributed by atoms with Crippen LogP contribution >= 0.6 is 11.6 Å². The topological polar surface area (TPSA) is 68.2 Å². The normalized spacial score (nSPS) is 13.5. The number of rotatable bonds is 10. The van der Waals surface area contributed by atoms with E-state index in [0.29, 0.717) is 30.0 Å². The average molecular weight is 405 g/mol. The molecule has 28 heavy (non-hydrogen) atoms. The first-order chi connectivity index (χ1) is 13.1. The Labute approximate surface area is 173 Å². The highest BCUT2D eigenvalue weighted by Gasteiger charge is 2.21. The third-order valence-corrected chi connectivity index (χ3v) is 5.90. The molecule has 3 N–H and O–H groups in total. The minimum absolute atomic E-state index is 0.0820. The highest BCUT2D eigenvalue weighted by Crippen LogP contribution is 2.25. The summed E-state index contributed by atoms with van der Waals surface area (Å²) in [5.41, 5.74) is 10.9. The molecule has 2 rings (SSSR count). The molecule has 0 saturated carbocycles. The maximum atomic E-state index is 12.7. The molecule has 4 nitrogen and oxygen atoms in total. The number of aromatic nitrogens is 1. The second kappa shape index (κ2) is 9.73. The molecule has 0 aliphatic carbocycles. The molecule has 0 fully saturated rings. The molecule has 0 amide bonds. The molecule has 0 bridgehead atoms. The van der Waals surface area contributed by atoms with Crippen molar-refractivity contribution in [3.05, 3.63) is 57.4 Å². The number of aliphatic hydroxyl groups excluding tert-OH is 1. The van der Waals surface area contributed by atoms with E-state index in [2.05, 4.69) is 32.0 Å². The van der Waals surface area contributed by atoms with Gasteiger partial charge in [0.1, 0.15) is 0 Å². The van der Waals surface area contributed by atoms with Gasteiger partial charge in [-0.25, -0.2) is 0 Å². The largest absolute Gasteiger partial charge is 0.394 e. The summed E-state index contributed by atoms with van der Waals surface area (Å²) in [6.45, 7) is 5.98. The smallest absolute Gasteiger partial charge is 0.179 e. The van der Waals surface area contributed by atoms with Crippen LogP contribution in [0.4, 0.5) is 0 Å². The minimum Gasteiger partial charge on any atom is -0.394 e. The number of aryl methyl sites for hydroxylation is 3. The Kier molecular flexibility index (Phi) is 7.87. The molecular formula is C23H33ClN2O2. The van der Waals surface area contributed by atoms with E-state index in [9.17, 15) is 9.90 Å². The SMILES string of the molecule is Cc1ccc(CCCCC(=O)c2cc(Cl)c(CCC(C)(N)CO)n2C)cc1C. The number of benzene rings is 1. The van der Waals surface area contributed by atoms with Crippen LogP contribution in [0.3, 0.4) is 0 Å². The van der Waals surface area contributed by atoms with Gasteiger partial charge in [0.15, 0.2) is 5.78 Å². The molecule has 0 saturated heterocycles. The van der Waals surface area contributed by atoms with Crippen LogP contribution in [0.5, 0.6) is 0 Å². The van der Waals surface area contributed by atoms with Crippen molar-refractivity contribution in [3.63, 3.8) is 0 Å². The highest BCUT2D eigenvalue weighted by molar-refractivity contribution is 6.31. The van der Waals surface area contributed by atoms with E-state index in [1.54, 1.807) is 6.07 Å². The van der Waals surface area contributed by atoms with E-state index in [-0.39, 0.29) is 12.4 Å². The first-order valence-corrected chi connectivity index (χ1v) is 10.4. The molecule has 1 aromatic heterocycles. The van der Waals surface area contributed by atoms with E-state index >= 15 is 0 Å². The Morgan fingerprint density at radius 1 is 1.18 bits per heavy atom. The molecule has 1 unspecified atom stereocenters. The van der Waals surface area contributed by atoms with Crippen LogP contribution in [-0.4, -0.2) is 27.6 Å². The van der Waals surface area contributed by atoms with Crippen LogP contribution in [0.1, 0.15) is 65.5 Å². The zero-order valence-corrected chi connectivity index (χ0v) is 18.3. The van der Waals surface area contributed by atoms with Crippen LogP contribution in [0, 0.1) is 13.8 Å². The Bertz CT molecular complexity index is 824. The number of carbonyl (C=O) groups excluding carboxylic acids is 1. The number of hydrogen-bond donors (Lipinski definition) is 2. The molecule has 0 spiro atoms. The molecule has 1 atom stereocenters. The fourth-order valence-electron chi connectivity index (χ4n) is 3.35. The van der Waals surface area contributed by atoms with E-state index in [1.807, 2.05) is 18.5 Å². The Hall–Kier alpha value is -1.62. The van der Waals surface area contributed by atoms with Crippen LogP contribution in [0.15, 0.2) is 24.3 Å². The van der Waals surface area contributed by atoms with Crippen LogP contribution in [-0.2, 0) is 19.9 Å². The zero-order chi connectivity index (χ0) is 20.9. The lowest BCUT2D eigenvalue weighted by Crippen LogP contribution is -2.40. The Morgan fingerprint density at radius 2 is 1.89 bits per heavy atom. The maximum Gasteiger partial charge on any atom is 0.179 e.